The molecule has 0 aliphatic carbocycles. The van der Waals surface area contributed by atoms with Crippen LogP contribution in [0.25, 0.3) is 0 Å². The van der Waals surface area contributed by atoms with Crippen LogP contribution in [0.4, 0.5) is 0 Å². The van der Waals surface area contributed by atoms with Gasteiger partial charge in [-0.3, -0.25) is 9.67 Å². The first-order valence-electron chi connectivity index (χ1n) is 7.53. The molecule has 2 aromatic heterocycles. The molecule has 0 atom stereocenters. The molecule has 1 saturated heterocycles. The molecule has 1 aliphatic rings. The van der Waals surface area contributed by atoms with E-state index in [2.05, 4.69) is 34.0 Å². The average Bonchev–Trinajstić information content (AvgIpc) is 2.92. The molecule has 0 spiro atoms. The van der Waals surface area contributed by atoms with Gasteiger partial charge in [0.25, 0.3) is 0 Å². The van der Waals surface area contributed by atoms with E-state index in [-0.39, 0.29) is 0 Å². The van der Waals surface area contributed by atoms with Gasteiger partial charge in [-0.1, -0.05) is 6.07 Å². The van der Waals surface area contributed by atoms with E-state index in [0.29, 0.717) is 5.92 Å². The lowest BCUT2D eigenvalue weighted by Gasteiger charge is -2.23. The molecule has 20 heavy (non-hydrogen) atoms. The Labute approximate surface area is 120 Å². The van der Waals surface area contributed by atoms with Gasteiger partial charge in [0.2, 0.25) is 0 Å². The van der Waals surface area contributed by atoms with Crippen molar-refractivity contribution in [1.82, 2.24) is 20.1 Å². The Morgan fingerprint density at radius 2 is 2.20 bits per heavy atom. The smallest absolute Gasteiger partial charge is 0.0671 e. The zero-order valence-electron chi connectivity index (χ0n) is 12.0. The maximum Gasteiger partial charge on any atom is 0.0671 e. The second-order valence-corrected chi connectivity index (χ2v) is 5.44. The molecule has 4 heteroatoms. The first-order valence-corrected chi connectivity index (χ1v) is 7.53. The Balaban J connectivity index is 1.81. The van der Waals surface area contributed by atoms with Gasteiger partial charge in [-0.25, -0.2) is 0 Å². The first kappa shape index (κ1) is 13.3. The summed E-state index contributed by atoms with van der Waals surface area (Å²) in [5.74, 6) is 0.659. The molecule has 0 bridgehead atoms. The minimum absolute atomic E-state index is 0.659. The van der Waals surface area contributed by atoms with Crippen LogP contribution in [0.5, 0.6) is 0 Å². The van der Waals surface area contributed by atoms with Gasteiger partial charge in [-0.15, -0.1) is 0 Å². The molecule has 1 fully saturated rings. The highest BCUT2D eigenvalue weighted by atomic mass is 15.3. The van der Waals surface area contributed by atoms with E-state index in [1.807, 2.05) is 18.5 Å². The van der Waals surface area contributed by atoms with Crippen molar-refractivity contribution in [3.05, 3.63) is 47.5 Å². The predicted molar refractivity (Wildman–Crippen MR) is 79.8 cm³/mol. The van der Waals surface area contributed by atoms with E-state index < -0.39 is 0 Å². The largest absolute Gasteiger partial charge is 0.317 e. The normalized spacial score (nSPS) is 16.4. The van der Waals surface area contributed by atoms with Gasteiger partial charge in [0.1, 0.15) is 0 Å². The Hall–Kier alpha value is -1.68. The van der Waals surface area contributed by atoms with Crippen molar-refractivity contribution in [3.63, 3.8) is 0 Å². The molecule has 0 radical (unpaired) electrons. The average molecular weight is 270 g/mol. The lowest BCUT2D eigenvalue weighted by Crippen LogP contribution is -2.27. The molecular formula is C16H22N4. The van der Waals surface area contributed by atoms with Crippen molar-refractivity contribution in [2.45, 2.75) is 38.6 Å². The van der Waals surface area contributed by atoms with Crippen molar-refractivity contribution in [2.24, 2.45) is 0 Å². The monoisotopic (exact) mass is 270 g/mol. The lowest BCUT2D eigenvalue weighted by molar-refractivity contribution is 0.432. The molecule has 4 nitrogen and oxygen atoms in total. The third kappa shape index (κ3) is 2.90. The number of nitrogens with one attached hydrogen (secondary N) is 1. The van der Waals surface area contributed by atoms with Crippen LogP contribution >= 0.6 is 0 Å². The maximum atomic E-state index is 4.77. The Bertz CT molecular complexity index is 541. The fraction of sp³-hybridized carbons (Fsp3) is 0.500. The van der Waals surface area contributed by atoms with E-state index in [1.54, 1.807) is 0 Å². The molecule has 1 aliphatic heterocycles. The molecular weight excluding hydrogens is 248 g/mol. The van der Waals surface area contributed by atoms with Gasteiger partial charge in [0.05, 0.1) is 5.69 Å². The van der Waals surface area contributed by atoms with Gasteiger partial charge in [-0.2, -0.15) is 5.10 Å². The van der Waals surface area contributed by atoms with Crippen LogP contribution in [0.1, 0.15) is 42.6 Å². The van der Waals surface area contributed by atoms with Gasteiger partial charge >= 0.3 is 0 Å². The van der Waals surface area contributed by atoms with Crippen molar-refractivity contribution in [2.75, 3.05) is 13.1 Å². The van der Waals surface area contributed by atoms with E-state index >= 15 is 0 Å². The minimum Gasteiger partial charge on any atom is -0.317 e. The summed E-state index contributed by atoms with van der Waals surface area (Å²) in [5, 5.41) is 8.20. The second-order valence-electron chi connectivity index (χ2n) is 5.44. The maximum absolute atomic E-state index is 4.77. The van der Waals surface area contributed by atoms with Crippen LogP contribution in [-0.2, 0) is 13.0 Å². The molecule has 3 rings (SSSR count). The molecule has 3 heterocycles. The summed E-state index contributed by atoms with van der Waals surface area (Å²) in [5.41, 5.74) is 3.80. The number of hydrogen-bond acceptors (Lipinski definition) is 3. The Kier molecular flexibility index (Phi) is 4.11. The number of nitrogens with zero attached hydrogens (tertiary/aromatic N) is 3. The third-order valence-corrected chi connectivity index (χ3v) is 4.03. The van der Waals surface area contributed by atoms with Gasteiger partial charge in [-0.05, 0) is 50.6 Å². The second kappa shape index (κ2) is 6.18. The number of aryl methyl sites for hydroxylation is 1. The van der Waals surface area contributed by atoms with Gasteiger partial charge in [0, 0.05) is 37.0 Å². The molecule has 2 aromatic rings. The van der Waals surface area contributed by atoms with Crippen molar-refractivity contribution >= 4 is 0 Å². The quantitative estimate of drug-likeness (QED) is 0.927. The van der Waals surface area contributed by atoms with E-state index in [0.717, 1.165) is 31.7 Å². The number of rotatable bonds is 4. The summed E-state index contributed by atoms with van der Waals surface area (Å²) in [6, 6.07) is 6.40. The van der Waals surface area contributed by atoms with Crippen molar-refractivity contribution in [1.29, 1.82) is 0 Å². The molecule has 0 saturated carbocycles. The zero-order chi connectivity index (χ0) is 13.8. The van der Waals surface area contributed by atoms with Crippen LogP contribution in [-0.4, -0.2) is 27.9 Å². The summed E-state index contributed by atoms with van der Waals surface area (Å²) < 4.78 is 2.18. The SMILES string of the molecule is CCn1nc(Cc2cccnc2)cc1C1CCNCC1. The fourth-order valence-corrected chi connectivity index (χ4v) is 2.98. The molecule has 0 amide bonds. The molecule has 0 unspecified atom stereocenters. The summed E-state index contributed by atoms with van der Waals surface area (Å²) >= 11 is 0. The summed E-state index contributed by atoms with van der Waals surface area (Å²) in [7, 11) is 0. The van der Waals surface area contributed by atoms with E-state index in [4.69, 9.17) is 5.10 Å². The topological polar surface area (TPSA) is 42.7 Å². The standard InChI is InChI=1S/C16H22N4/c1-2-20-16(14-5-8-17-9-6-14)11-15(19-20)10-13-4-3-7-18-12-13/h3-4,7,11-12,14,17H,2,5-6,8-10H2,1H3. The third-order valence-electron chi connectivity index (χ3n) is 4.03. The number of pyridine rings is 1. The molecule has 0 aromatic carbocycles. The highest BCUT2D eigenvalue weighted by Gasteiger charge is 2.20. The molecule has 106 valence electrons. The van der Waals surface area contributed by atoms with Gasteiger partial charge < -0.3 is 5.32 Å². The molecule has 1 N–H and O–H groups in total. The summed E-state index contributed by atoms with van der Waals surface area (Å²) in [4.78, 5) is 4.18. The lowest BCUT2D eigenvalue weighted by atomic mass is 9.94. The van der Waals surface area contributed by atoms with Crippen molar-refractivity contribution in [3.8, 4) is 0 Å². The van der Waals surface area contributed by atoms with Crippen LogP contribution in [0, 0.1) is 0 Å². The van der Waals surface area contributed by atoms with Crippen LogP contribution in [0.15, 0.2) is 30.6 Å². The Morgan fingerprint density at radius 1 is 1.35 bits per heavy atom. The summed E-state index contributed by atoms with van der Waals surface area (Å²) in [6.45, 7) is 5.37. The van der Waals surface area contributed by atoms with Crippen LogP contribution < -0.4 is 5.32 Å². The number of aromatic nitrogens is 3. The predicted octanol–water partition coefficient (Wildman–Crippen LogP) is 2.36. The minimum atomic E-state index is 0.659. The first-order chi connectivity index (χ1) is 9.86. The van der Waals surface area contributed by atoms with Crippen molar-refractivity contribution < 1.29 is 0 Å². The summed E-state index contributed by atoms with van der Waals surface area (Å²) in [6.07, 6.45) is 7.05. The number of hydrogen-bond donors (Lipinski definition) is 1. The van der Waals surface area contributed by atoms with E-state index in [9.17, 15) is 0 Å². The van der Waals surface area contributed by atoms with Crippen LogP contribution in [0.3, 0.4) is 0 Å². The highest BCUT2D eigenvalue weighted by molar-refractivity contribution is 5.22. The van der Waals surface area contributed by atoms with Crippen LogP contribution in [0.2, 0.25) is 0 Å². The zero-order valence-corrected chi connectivity index (χ0v) is 12.0. The van der Waals surface area contributed by atoms with Gasteiger partial charge in [0.15, 0.2) is 0 Å². The number of piperidine rings is 1. The van der Waals surface area contributed by atoms with E-state index in [1.165, 1.54) is 24.1 Å². The highest BCUT2D eigenvalue weighted by Crippen LogP contribution is 2.26. The Morgan fingerprint density at radius 3 is 2.90 bits per heavy atom. The fourth-order valence-electron chi connectivity index (χ4n) is 2.98.